The smallest absolute Gasteiger partial charge is 0.270 e. The summed E-state index contributed by atoms with van der Waals surface area (Å²) >= 11 is 0. The normalized spacial score (nSPS) is 27.3. The van der Waals surface area contributed by atoms with Gasteiger partial charge in [-0.1, -0.05) is 12.1 Å². The zero-order chi connectivity index (χ0) is 18.3. The molecule has 2 aromatic rings. The van der Waals surface area contributed by atoms with E-state index >= 15 is 0 Å². The maximum atomic E-state index is 12.4. The van der Waals surface area contributed by atoms with Crippen LogP contribution in [0, 0.1) is 5.92 Å². The molecule has 2 heterocycles. The first-order valence-corrected chi connectivity index (χ1v) is 9.10. The third-order valence-corrected chi connectivity index (χ3v) is 5.53. The highest BCUT2D eigenvalue weighted by Gasteiger charge is 2.55. The number of aromatic nitrogens is 2. The van der Waals surface area contributed by atoms with E-state index in [0.29, 0.717) is 23.5 Å². The van der Waals surface area contributed by atoms with E-state index in [1.54, 1.807) is 0 Å². The number of hydrogen-bond donors (Lipinski definition) is 2. The first-order chi connectivity index (χ1) is 12.5. The van der Waals surface area contributed by atoms with Crippen LogP contribution in [0.25, 0.3) is 11.0 Å². The van der Waals surface area contributed by atoms with Crippen molar-refractivity contribution in [1.29, 1.82) is 0 Å². The third kappa shape index (κ3) is 3.01. The molecule has 1 aliphatic heterocycles. The van der Waals surface area contributed by atoms with E-state index in [2.05, 4.69) is 20.2 Å². The summed E-state index contributed by atoms with van der Waals surface area (Å²) in [6, 6.07) is 7.74. The van der Waals surface area contributed by atoms with Gasteiger partial charge in [-0.25, -0.2) is 4.98 Å². The molecular formula is C19H24N4O3. The molecule has 4 atom stereocenters. The second-order valence-corrected chi connectivity index (χ2v) is 7.37. The van der Waals surface area contributed by atoms with Gasteiger partial charge >= 0.3 is 0 Å². The number of aryl methyl sites for hydroxylation is 1. The molecule has 0 unspecified atom stereocenters. The van der Waals surface area contributed by atoms with Crippen LogP contribution in [0.2, 0.25) is 0 Å². The average Bonchev–Trinajstić information content (AvgIpc) is 3.01. The summed E-state index contributed by atoms with van der Waals surface area (Å²) in [7, 11) is 4.03. The molecule has 2 N–H and O–H groups in total. The summed E-state index contributed by atoms with van der Waals surface area (Å²) in [6.45, 7) is 0.766. The fourth-order valence-corrected chi connectivity index (χ4v) is 4.21. The van der Waals surface area contributed by atoms with E-state index in [-0.39, 0.29) is 36.1 Å². The lowest BCUT2D eigenvalue weighted by molar-refractivity contribution is -0.128. The fourth-order valence-electron chi connectivity index (χ4n) is 4.21. The Kier molecular flexibility index (Phi) is 4.50. The van der Waals surface area contributed by atoms with E-state index in [1.807, 2.05) is 38.4 Å². The second kappa shape index (κ2) is 6.81. The van der Waals surface area contributed by atoms with Gasteiger partial charge in [-0.3, -0.25) is 9.59 Å². The van der Waals surface area contributed by atoms with Crippen LogP contribution in [0.4, 0.5) is 0 Å². The zero-order valence-electron chi connectivity index (χ0n) is 15.1. The number of fused-ring (bicyclic) bond motifs is 2. The number of likely N-dealkylation sites (N-methyl/N-ethyl adjacent to an activating group) is 1. The van der Waals surface area contributed by atoms with Crippen LogP contribution >= 0.6 is 0 Å². The van der Waals surface area contributed by atoms with Crippen LogP contribution < -0.4 is 10.9 Å². The van der Waals surface area contributed by atoms with Crippen molar-refractivity contribution in [1.82, 2.24) is 20.2 Å². The lowest BCUT2D eigenvalue weighted by Gasteiger charge is -2.50. The second-order valence-electron chi connectivity index (χ2n) is 7.37. The zero-order valence-corrected chi connectivity index (χ0v) is 15.1. The average molecular weight is 356 g/mol. The molecule has 1 aromatic heterocycles. The first kappa shape index (κ1) is 17.2. The minimum Gasteiger partial charge on any atom is -0.376 e. The number of rotatable bonds is 5. The Bertz CT molecular complexity index is 878. The molecule has 7 nitrogen and oxygen atoms in total. The molecule has 1 amide bonds. The van der Waals surface area contributed by atoms with Crippen LogP contribution in [-0.4, -0.2) is 59.7 Å². The molecular weight excluding hydrogens is 332 g/mol. The summed E-state index contributed by atoms with van der Waals surface area (Å²) in [5.74, 6) is 0.357. The van der Waals surface area contributed by atoms with E-state index in [0.717, 1.165) is 18.5 Å². The van der Waals surface area contributed by atoms with E-state index in [1.165, 1.54) is 0 Å². The van der Waals surface area contributed by atoms with Crippen molar-refractivity contribution in [2.45, 2.75) is 37.5 Å². The predicted molar refractivity (Wildman–Crippen MR) is 97.9 cm³/mol. The van der Waals surface area contributed by atoms with Crippen LogP contribution in [-0.2, 0) is 16.0 Å². The number of hydrogen-bond acceptors (Lipinski definition) is 5. The molecule has 2 aliphatic rings. The van der Waals surface area contributed by atoms with E-state index < -0.39 is 0 Å². The molecule has 138 valence electrons. The monoisotopic (exact) mass is 356 g/mol. The Morgan fingerprint density at radius 2 is 2.19 bits per heavy atom. The minimum absolute atomic E-state index is 0.0402. The topological polar surface area (TPSA) is 87.3 Å². The number of ether oxygens (including phenoxy) is 1. The number of benzene rings is 1. The molecule has 0 spiro atoms. The van der Waals surface area contributed by atoms with Crippen molar-refractivity contribution in [2.24, 2.45) is 5.92 Å². The number of para-hydroxylation sites is 2. The Morgan fingerprint density at radius 1 is 1.38 bits per heavy atom. The lowest BCUT2D eigenvalue weighted by Crippen LogP contribution is -2.69. The number of H-pyrrole nitrogens is 1. The minimum atomic E-state index is -0.226. The highest BCUT2D eigenvalue weighted by molar-refractivity contribution is 5.77. The number of carbonyl (C=O) groups excluding carboxylic acids is 1. The summed E-state index contributed by atoms with van der Waals surface area (Å²) in [5.41, 5.74) is 1.62. The fraction of sp³-hybridized carbons (Fsp3) is 0.526. The van der Waals surface area contributed by atoms with Crippen molar-refractivity contribution < 1.29 is 9.53 Å². The Hall–Kier alpha value is -2.25. The summed E-state index contributed by atoms with van der Waals surface area (Å²) in [4.78, 5) is 33.9. The number of carbonyl (C=O) groups is 1. The van der Waals surface area contributed by atoms with Gasteiger partial charge in [-0.05, 0) is 32.6 Å². The van der Waals surface area contributed by atoms with Crippen LogP contribution in [0.3, 0.4) is 0 Å². The lowest BCUT2D eigenvalue weighted by atomic mass is 9.71. The summed E-state index contributed by atoms with van der Waals surface area (Å²) in [5, 5.41) is 3.15. The molecule has 0 radical (unpaired) electrons. The van der Waals surface area contributed by atoms with Gasteiger partial charge in [0.25, 0.3) is 5.56 Å². The molecule has 4 rings (SSSR count). The summed E-state index contributed by atoms with van der Waals surface area (Å²) < 4.78 is 5.78. The Balaban J connectivity index is 1.40. The molecule has 1 saturated carbocycles. The molecule has 0 bridgehead atoms. The van der Waals surface area contributed by atoms with Crippen molar-refractivity contribution in [3.63, 3.8) is 0 Å². The van der Waals surface area contributed by atoms with Gasteiger partial charge in [0, 0.05) is 25.4 Å². The van der Waals surface area contributed by atoms with Crippen LogP contribution in [0.1, 0.15) is 18.5 Å². The number of amides is 1. The van der Waals surface area contributed by atoms with Gasteiger partial charge < -0.3 is 19.9 Å². The molecule has 26 heavy (non-hydrogen) atoms. The molecule has 1 saturated heterocycles. The van der Waals surface area contributed by atoms with E-state index in [4.69, 9.17) is 4.74 Å². The van der Waals surface area contributed by atoms with Gasteiger partial charge in [0.05, 0.1) is 29.2 Å². The Labute approximate surface area is 151 Å². The quantitative estimate of drug-likeness (QED) is 0.823. The van der Waals surface area contributed by atoms with Crippen molar-refractivity contribution in [3.05, 3.63) is 40.3 Å². The van der Waals surface area contributed by atoms with Crippen molar-refractivity contribution in [2.75, 3.05) is 20.7 Å². The molecule has 1 aromatic carbocycles. The highest BCUT2D eigenvalue weighted by Crippen LogP contribution is 2.41. The van der Waals surface area contributed by atoms with Gasteiger partial charge in [0.1, 0.15) is 5.69 Å². The maximum absolute atomic E-state index is 12.4. The SMILES string of the molecule is CN(C)[C@@H]1[C@@H](NC(=O)CCc2nc3ccccc3[nH]c2=O)[C@H]2CCO[C@H]21. The summed E-state index contributed by atoms with van der Waals surface area (Å²) in [6.07, 6.45) is 1.80. The first-order valence-electron chi connectivity index (χ1n) is 9.10. The standard InChI is InChI=1S/C19H24N4O3/c1-23(2)17-16(11-9-10-26-18(11)17)22-15(24)8-7-14-19(25)21-13-6-4-3-5-12(13)20-14/h3-6,11,16-18H,7-10H2,1-2H3,(H,21,25)(H,22,24)/t11-,16+,17-,18-/m1/s1. The highest BCUT2D eigenvalue weighted by atomic mass is 16.5. The molecule has 7 heteroatoms. The van der Waals surface area contributed by atoms with Crippen LogP contribution in [0.15, 0.2) is 29.1 Å². The van der Waals surface area contributed by atoms with E-state index in [9.17, 15) is 9.59 Å². The van der Waals surface area contributed by atoms with Gasteiger partial charge in [-0.15, -0.1) is 0 Å². The third-order valence-electron chi connectivity index (χ3n) is 5.53. The van der Waals surface area contributed by atoms with Gasteiger partial charge in [0.2, 0.25) is 5.91 Å². The van der Waals surface area contributed by atoms with Crippen molar-refractivity contribution in [3.8, 4) is 0 Å². The predicted octanol–water partition coefficient (Wildman–Crippen LogP) is 0.689. The Morgan fingerprint density at radius 3 is 3.00 bits per heavy atom. The van der Waals surface area contributed by atoms with Gasteiger partial charge in [-0.2, -0.15) is 0 Å². The maximum Gasteiger partial charge on any atom is 0.270 e. The van der Waals surface area contributed by atoms with Gasteiger partial charge in [0.15, 0.2) is 0 Å². The molecule has 1 aliphatic carbocycles. The largest absolute Gasteiger partial charge is 0.376 e. The van der Waals surface area contributed by atoms with Crippen LogP contribution in [0.5, 0.6) is 0 Å². The number of nitrogens with zero attached hydrogens (tertiary/aromatic N) is 2. The molecule has 2 fully saturated rings. The number of aromatic amines is 1. The van der Waals surface area contributed by atoms with Crippen molar-refractivity contribution >= 4 is 16.9 Å². The number of nitrogens with one attached hydrogen (secondary N) is 2.